The van der Waals surface area contributed by atoms with Gasteiger partial charge in [-0.15, -0.1) is 0 Å². The van der Waals surface area contributed by atoms with Crippen LogP contribution in [-0.4, -0.2) is 62.1 Å². The number of likely N-dealkylation sites (tertiary alicyclic amines) is 1. The lowest BCUT2D eigenvalue weighted by Gasteiger charge is -2.27. The van der Waals surface area contributed by atoms with Gasteiger partial charge in [0, 0.05) is 19.1 Å². The topological polar surface area (TPSA) is 70.7 Å². The monoisotopic (exact) mass is 283 g/mol. The normalized spacial score (nSPS) is 26.6. The Labute approximate surface area is 120 Å². The van der Waals surface area contributed by atoms with Crippen molar-refractivity contribution in [3.05, 3.63) is 0 Å². The third-order valence-corrected chi connectivity index (χ3v) is 4.01. The van der Waals surface area contributed by atoms with E-state index in [4.69, 9.17) is 4.74 Å². The average Bonchev–Trinajstić information content (AvgIpc) is 2.94. The van der Waals surface area contributed by atoms with Gasteiger partial charge in [0.15, 0.2) is 0 Å². The maximum atomic E-state index is 12.1. The molecule has 2 unspecified atom stereocenters. The number of hydrogen-bond acceptors (Lipinski definition) is 4. The van der Waals surface area contributed by atoms with Crippen molar-refractivity contribution < 1.29 is 14.3 Å². The number of nitrogens with zero attached hydrogens (tertiary/aromatic N) is 1. The molecule has 2 amide bonds. The third-order valence-electron chi connectivity index (χ3n) is 4.01. The van der Waals surface area contributed by atoms with Gasteiger partial charge < -0.3 is 20.3 Å². The van der Waals surface area contributed by atoms with Gasteiger partial charge in [0.1, 0.15) is 0 Å². The number of rotatable bonds is 5. The summed E-state index contributed by atoms with van der Waals surface area (Å²) in [4.78, 5) is 25.9. The van der Waals surface area contributed by atoms with Gasteiger partial charge in [-0.25, -0.2) is 0 Å². The van der Waals surface area contributed by atoms with Gasteiger partial charge in [-0.3, -0.25) is 9.59 Å². The van der Waals surface area contributed by atoms with E-state index in [9.17, 15) is 9.59 Å². The molecule has 0 aliphatic carbocycles. The first-order valence-corrected chi connectivity index (χ1v) is 7.59. The Kier molecular flexibility index (Phi) is 5.79. The predicted octanol–water partition coefficient (Wildman–Crippen LogP) is -0.260. The van der Waals surface area contributed by atoms with Crippen molar-refractivity contribution in [2.45, 2.75) is 32.2 Å². The molecule has 0 saturated carbocycles. The minimum atomic E-state index is -0.191. The van der Waals surface area contributed by atoms with Crippen LogP contribution in [0.3, 0.4) is 0 Å². The van der Waals surface area contributed by atoms with Crippen molar-refractivity contribution >= 4 is 11.8 Å². The first kappa shape index (κ1) is 15.3. The van der Waals surface area contributed by atoms with Crippen LogP contribution in [0, 0.1) is 5.92 Å². The number of amides is 2. The van der Waals surface area contributed by atoms with E-state index < -0.39 is 0 Å². The maximum Gasteiger partial charge on any atom is 0.241 e. The number of nitrogens with one attached hydrogen (secondary N) is 2. The summed E-state index contributed by atoms with van der Waals surface area (Å²) in [6.07, 6.45) is 3.33. The molecule has 2 N–H and O–H groups in total. The van der Waals surface area contributed by atoms with Crippen LogP contribution in [0.5, 0.6) is 0 Å². The molecule has 114 valence electrons. The Morgan fingerprint density at radius 1 is 1.20 bits per heavy atom. The Balaban J connectivity index is 1.75. The standard InChI is InChI=1S/C14H25N3O3/c1-2-15-12-10-20-9-11(12)14(19)16-8-13(18)17-6-4-3-5-7-17/h11-12,15H,2-10H2,1H3,(H,16,19). The van der Waals surface area contributed by atoms with E-state index in [2.05, 4.69) is 10.6 Å². The minimum absolute atomic E-state index is 0.0250. The second kappa shape index (κ2) is 7.59. The zero-order valence-electron chi connectivity index (χ0n) is 12.2. The highest BCUT2D eigenvalue weighted by atomic mass is 16.5. The molecule has 2 aliphatic heterocycles. The number of carbonyl (C=O) groups excluding carboxylic acids is 2. The minimum Gasteiger partial charge on any atom is -0.379 e. The second-order valence-electron chi connectivity index (χ2n) is 5.47. The summed E-state index contributed by atoms with van der Waals surface area (Å²) in [5.74, 6) is -0.250. The lowest BCUT2D eigenvalue weighted by molar-refractivity contribution is -0.134. The summed E-state index contributed by atoms with van der Waals surface area (Å²) >= 11 is 0. The highest BCUT2D eigenvalue weighted by molar-refractivity contribution is 5.86. The van der Waals surface area contributed by atoms with Crippen LogP contribution in [0.1, 0.15) is 26.2 Å². The van der Waals surface area contributed by atoms with Crippen molar-refractivity contribution in [2.24, 2.45) is 5.92 Å². The molecule has 0 bridgehead atoms. The maximum absolute atomic E-state index is 12.1. The fraction of sp³-hybridized carbons (Fsp3) is 0.857. The molecule has 2 rings (SSSR count). The summed E-state index contributed by atoms with van der Waals surface area (Å²) < 4.78 is 5.35. The smallest absolute Gasteiger partial charge is 0.241 e. The molecular formula is C14H25N3O3. The highest BCUT2D eigenvalue weighted by Crippen LogP contribution is 2.14. The zero-order chi connectivity index (χ0) is 14.4. The van der Waals surface area contributed by atoms with Gasteiger partial charge in [0.25, 0.3) is 0 Å². The molecule has 2 aliphatic rings. The van der Waals surface area contributed by atoms with Crippen LogP contribution in [0.4, 0.5) is 0 Å². The van der Waals surface area contributed by atoms with Crippen molar-refractivity contribution in [3.8, 4) is 0 Å². The van der Waals surface area contributed by atoms with Crippen molar-refractivity contribution in [1.82, 2.24) is 15.5 Å². The highest BCUT2D eigenvalue weighted by Gasteiger charge is 2.33. The molecule has 2 fully saturated rings. The molecule has 2 saturated heterocycles. The molecule has 6 nitrogen and oxygen atoms in total. The SMILES string of the molecule is CCNC1COCC1C(=O)NCC(=O)N1CCCCC1. The van der Waals surface area contributed by atoms with Gasteiger partial charge in [-0.05, 0) is 25.8 Å². The summed E-state index contributed by atoms with van der Waals surface area (Å²) in [6, 6.07) is 0.0603. The molecule has 20 heavy (non-hydrogen) atoms. The van der Waals surface area contributed by atoms with Crippen LogP contribution < -0.4 is 10.6 Å². The van der Waals surface area contributed by atoms with Crippen molar-refractivity contribution in [1.29, 1.82) is 0 Å². The molecule has 0 aromatic carbocycles. The molecule has 2 heterocycles. The third kappa shape index (κ3) is 3.93. The van der Waals surface area contributed by atoms with Gasteiger partial charge in [-0.1, -0.05) is 6.92 Å². The molecular weight excluding hydrogens is 258 g/mol. The van der Waals surface area contributed by atoms with Gasteiger partial charge >= 0.3 is 0 Å². The number of carbonyl (C=O) groups is 2. The Bertz CT molecular complexity index is 343. The number of ether oxygens (including phenoxy) is 1. The lowest BCUT2D eigenvalue weighted by atomic mass is 10.0. The van der Waals surface area contributed by atoms with Crippen LogP contribution in [0.25, 0.3) is 0 Å². The number of likely N-dealkylation sites (N-methyl/N-ethyl adjacent to an activating group) is 1. The van der Waals surface area contributed by atoms with Gasteiger partial charge in [0.2, 0.25) is 11.8 Å². The molecule has 0 spiro atoms. The lowest BCUT2D eigenvalue weighted by Crippen LogP contribution is -2.47. The average molecular weight is 283 g/mol. The first-order valence-electron chi connectivity index (χ1n) is 7.59. The van der Waals surface area contributed by atoms with Gasteiger partial charge in [-0.2, -0.15) is 0 Å². The molecule has 0 radical (unpaired) electrons. The molecule has 6 heteroatoms. The van der Waals surface area contributed by atoms with E-state index in [0.29, 0.717) is 13.2 Å². The van der Waals surface area contributed by atoms with Crippen LogP contribution in [0.15, 0.2) is 0 Å². The zero-order valence-corrected chi connectivity index (χ0v) is 12.2. The molecule has 2 atom stereocenters. The molecule has 0 aromatic heterocycles. The Morgan fingerprint density at radius 2 is 1.95 bits per heavy atom. The molecule has 0 aromatic rings. The second-order valence-corrected chi connectivity index (χ2v) is 5.47. The van der Waals surface area contributed by atoms with E-state index in [1.165, 1.54) is 6.42 Å². The quantitative estimate of drug-likeness (QED) is 0.729. The number of piperidine rings is 1. The van der Waals surface area contributed by atoms with E-state index in [0.717, 1.165) is 32.5 Å². The van der Waals surface area contributed by atoms with E-state index in [1.807, 2.05) is 11.8 Å². The fourth-order valence-corrected chi connectivity index (χ4v) is 2.83. The summed E-state index contributed by atoms with van der Waals surface area (Å²) in [5.41, 5.74) is 0. The fourth-order valence-electron chi connectivity index (χ4n) is 2.83. The summed E-state index contributed by atoms with van der Waals surface area (Å²) in [7, 11) is 0. The number of hydrogen-bond donors (Lipinski definition) is 2. The Hall–Kier alpha value is -1.14. The predicted molar refractivity (Wildman–Crippen MR) is 75.2 cm³/mol. The largest absolute Gasteiger partial charge is 0.379 e. The Morgan fingerprint density at radius 3 is 2.65 bits per heavy atom. The first-order chi connectivity index (χ1) is 9.72. The van der Waals surface area contributed by atoms with Crippen molar-refractivity contribution in [3.63, 3.8) is 0 Å². The summed E-state index contributed by atoms with van der Waals surface area (Å²) in [6.45, 7) is 5.56. The van der Waals surface area contributed by atoms with E-state index in [1.54, 1.807) is 0 Å². The van der Waals surface area contributed by atoms with Crippen LogP contribution >= 0.6 is 0 Å². The van der Waals surface area contributed by atoms with E-state index in [-0.39, 0.29) is 30.3 Å². The van der Waals surface area contributed by atoms with Crippen LogP contribution in [-0.2, 0) is 14.3 Å². The van der Waals surface area contributed by atoms with Crippen molar-refractivity contribution in [2.75, 3.05) is 39.4 Å². The van der Waals surface area contributed by atoms with Crippen LogP contribution in [0.2, 0.25) is 0 Å². The summed E-state index contributed by atoms with van der Waals surface area (Å²) in [5, 5.41) is 6.01. The van der Waals surface area contributed by atoms with Gasteiger partial charge in [0.05, 0.1) is 25.7 Å². The van der Waals surface area contributed by atoms with E-state index >= 15 is 0 Å².